The van der Waals surface area contributed by atoms with Crippen molar-refractivity contribution >= 4 is 0 Å². The molecule has 2 aromatic rings. The molecule has 3 heteroatoms. The lowest BCUT2D eigenvalue weighted by molar-refractivity contribution is 0.172. The van der Waals surface area contributed by atoms with Gasteiger partial charge in [-0.25, -0.2) is 0 Å². The molecule has 0 aromatic heterocycles. The average molecular weight is 286 g/mol. The average Bonchev–Trinajstić information content (AvgIpc) is 2.50. The molecule has 0 amide bonds. The van der Waals surface area contributed by atoms with Crippen LogP contribution in [0.1, 0.15) is 17.5 Å². The van der Waals surface area contributed by atoms with Crippen molar-refractivity contribution in [2.75, 3.05) is 20.3 Å². The maximum absolute atomic E-state index is 5.84. The van der Waals surface area contributed by atoms with Gasteiger partial charge < -0.3 is 14.2 Å². The number of methoxy groups -OCH3 is 1. The monoisotopic (exact) mass is 286 g/mol. The maximum Gasteiger partial charge on any atom is 0.123 e. The molecule has 2 rings (SSSR count). The smallest absolute Gasteiger partial charge is 0.123 e. The third-order valence-corrected chi connectivity index (χ3v) is 3.03. The van der Waals surface area contributed by atoms with Gasteiger partial charge in [-0.1, -0.05) is 30.3 Å². The van der Waals surface area contributed by atoms with Crippen molar-refractivity contribution in [2.45, 2.75) is 20.0 Å². The second-order valence-electron chi connectivity index (χ2n) is 4.95. The Bertz CT molecular complexity index is 537. The summed E-state index contributed by atoms with van der Waals surface area (Å²) < 4.78 is 16.6. The van der Waals surface area contributed by atoms with Crippen molar-refractivity contribution in [3.8, 4) is 11.5 Å². The Kier molecular flexibility index (Phi) is 6.10. The Morgan fingerprint density at radius 2 is 1.57 bits per heavy atom. The molecule has 0 fully saturated rings. The Labute approximate surface area is 126 Å². The van der Waals surface area contributed by atoms with Crippen LogP contribution in [0.15, 0.2) is 48.5 Å². The topological polar surface area (TPSA) is 27.7 Å². The zero-order valence-electron chi connectivity index (χ0n) is 12.7. The van der Waals surface area contributed by atoms with Crippen LogP contribution in [0.2, 0.25) is 0 Å². The minimum absolute atomic E-state index is 0.563. The maximum atomic E-state index is 5.84. The van der Waals surface area contributed by atoms with Gasteiger partial charge in [-0.15, -0.1) is 0 Å². The van der Waals surface area contributed by atoms with Gasteiger partial charge in [-0.2, -0.15) is 0 Å². The fourth-order valence-electron chi connectivity index (χ4n) is 2.01. The first-order valence-corrected chi connectivity index (χ1v) is 7.18. The SMILES string of the molecule is COCCCOc1cc(C)cc(OCc2ccccc2)c1. The van der Waals surface area contributed by atoms with Crippen LogP contribution in [-0.2, 0) is 11.3 Å². The molecule has 0 spiro atoms. The van der Waals surface area contributed by atoms with Gasteiger partial charge >= 0.3 is 0 Å². The molecule has 0 aliphatic heterocycles. The van der Waals surface area contributed by atoms with E-state index in [4.69, 9.17) is 14.2 Å². The van der Waals surface area contributed by atoms with E-state index in [1.54, 1.807) is 7.11 Å². The van der Waals surface area contributed by atoms with Gasteiger partial charge in [-0.05, 0) is 30.2 Å². The van der Waals surface area contributed by atoms with E-state index in [2.05, 4.69) is 12.1 Å². The van der Waals surface area contributed by atoms with Gasteiger partial charge in [0.1, 0.15) is 18.1 Å². The van der Waals surface area contributed by atoms with E-state index in [9.17, 15) is 0 Å². The Hall–Kier alpha value is -2.00. The highest BCUT2D eigenvalue weighted by Crippen LogP contribution is 2.23. The lowest BCUT2D eigenvalue weighted by Crippen LogP contribution is -2.02. The molecule has 0 saturated heterocycles. The summed E-state index contributed by atoms with van der Waals surface area (Å²) in [4.78, 5) is 0. The molecule has 0 radical (unpaired) electrons. The Morgan fingerprint density at radius 3 is 2.29 bits per heavy atom. The van der Waals surface area contributed by atoms with Crippen molar-refractivity contribution in [2.24, 2.45) is 0 Å². The van der Waals surface area contributed by atoms with Crippen molar-refractivity contribution < 1.29 is 14.2 Å². The van der Waals surface area contributed by atoms with Crippen LogP contribution in [0.3, 0.4) is 0 Å². The standard InChI is InChI=1S/C18H22O3/c1-15-11-17(20-10-6-9-19-2)13-18(12-15)21-14-16-7-4-3-5-8-16/h3-5,7-8,11-13H,6,9-10,14H2,1-2H3. The zero-order valence-corrected chi connectivity index (χ0v) is 12.7. The molecule has 0 saturated carbocycles. The number of benzene rings is 2. The molecule has 0 aliphatic rings. The summed E-state index contributed by atoms with van der Waals surface area (Å²) in [5, 5.41) is 0. The third-order valence-electron chi connectivity index (χ3n) is 3.03. The first-order chi connectivity index (χ1) is 10.3. The van der Waals surface area contributed by atoms with Gasteiger partial charge in [0.15, 0.2) is 0 Å². The van der Waals surface area contributed by atoms with Crippen molar-refractivity contribution in [3.63, 3.8) is 0 Å². The van der Waals surface area contributed by atoms with Gasteiger partial charge in [0.05, 0.1) is 6.61 Å². The van der Waals surface area contributed by atoms with Crippen LogP contribution in [-0.4, -0.2) is 20.3 Å². The first kappa shape index (κ1) is 15.4. The van der Waals surface area contributed by atoms with E-state index in [1.165, 1.54) is 0 Å². The molecule has 0 unspecified atom stereocenters. The van der Waals surface area contributed by atoms with Crippen molar-refractivity contribution in [3.05, 3.63) is 59.7 Å². The predicted molar refractivity (Wildman–Crippen MR) is 83.9 cm³/mol. The lowest BCUT2D eigenvalue weighted by atomic mass is 10.2. The molecule has 0 atom stereocenters. The van der Waals surface area contributed by atoms with Crippen molar-refractivity contribution in [1.29, 1.82) is 0 Å². The van der Waals surface area contributed by atoms with E-state index in [1.807, 2.05) is 43.3 Å². The second kappa shape index (κ2) is 8.32. The third kappa shape index (κ3) is 5.48. The number of hydrogen-bond acceptors (Lipinski definition) is 3. The summed E-state index contributed by atoms with van der Waals surface area (Å²) in [6, 6.07) is 16.1. The van der Waals surface area contributed by atoms with Crippen LogP contribution in [0.5, 0.6) is 11.5 Å². The van der Waals surface area contributed by atoms with E-state index in [0.29, 0.717) is 19.8 Å². The largest absolute Gasteiger partial charge is 0.493 e. The van der Waals surface area contributed by atoms with E-state index in [-0.39, 0.29) is 0 Å². The number of ether oxygens (including phenoxy) is 3. The summed E-state index contributed by atoms with van der Waals surface area (Å²) in [6.07, 6.45) is 0.880. The summed E-state index contributed by atoms with van der Waals surface area (Å²) in [7, 11) is 1.70. The van der Waals surface area contributed by atoms with Gasteiger partial charge in [0.2, 0.25) is 0 Å². The second-order valence-corrected chi connectivity index (χ2v) is 4.95. The molecule has 112 valence electrons. The molecule has 0 N–H and O–H groups in total. The van der Waals surface area contributed by atoms with E-state index in [0.717, 1.165) is 29.0 Å². The van der Waals surface area contributed by atoms with Gasteiger partial charge in [0, 0.05) is 26.2 Å². The van der Waals surface area contributed by atoms with E-state index < -0.39 is 0 Å². The van der Waals surface area contributed by atoms with E-state index >= 15 is 0 Å². The van der Waals surface area contributed by atoms with Crippen LogP contribution in [0.25, 0.3) is 0 Å². The lowest BCUT2D eigenvalue weighted by Gasteiger charge is -2.11. The van der Waals surface area contributed by atoms with Gasteiger partial charge in [0.25, 0.3) is 0 Å². The summed E-state index contributed by atoms with van der Waals surface area (Å²) in [5.74, 6) is 1.68. The van der Waals surface area contributed by atoms with Crippen LogP contribution in [0.4, 0.5) is 0 Å². The molecule has 0 heterocycles. The Morgan fingerprint density at radius 1 is 0.857 bits per heavy atom. The number of aryl methyl sites for hydroxylation is 1. The van der Waals surface area contributed by atoms with Crippen LogP contribution < -0.4 is 9.47 Å². The van der Waals surface area contributed by atoms with Crippen LogP contribution >= 0.6 is 0 Å². The highest BCUT2D eigenvalue weighted by molar-refractivity contribution is 5.38. The number of rotatable bonds is 8. The fourth-order valence-corrected chi connectivity index (χ4v) is 2.01. The Balaban J connectivity index is 1.91. The summed E-state index contributed by atoms with van der Waals surface area (Å²) in [6.45, 7) is 3.96. The minimum atomic E-state index is 0.563. The molecule has 21 heavy (non-hydrogen) atoms. The zero-order chi connectivity index (χ0) is 14.9. The fraction of sp³-hybridized carbons (Fsp3) is 0.333. The van der Waals surface area contributed by atoms with Gasteiger partial charge in [-0.3, -0.25) is 0 Å². The van der Waals surface area contributed by atoms with Crippen molar-refractivity contribution in [1.82, 2.24) is 0 Å². The normalized spacial score (nSPS) is 10.4. The predicted octanol–water partition coefficient (Wildman–Crippen LogP) is 3.99. The minimum Gasteiger partial charge on any atom is -0.493 e. The highest BCUT2D eigenvalue weighted by atomic mass is 16.5. The molecule has 3 nitrogen and oxygen atoms in total. The molecular weight excluding hydrogens is 264 g/mol. The molecule has 2 aromatic carbocycles. The summed E-state index contributed by atoms with van der Waals surface area (Å²) >= 11 is 0. The van der Waals surface area contributed by atoms with Crippen LogP contribution in [0, 0.1) is 6.92 Å². The molecular formula is C18H22O3. The number of hydrogen-bond donors (Lipinski definition) is 0. The quantitative estimate of drug-likeness (QED) is 0.687. The first-order valence-electron chi connectivity index (χ1n) is 7.18. The summed E-state index contributed by atoms with van der Waals surface area (Å²) in [5.41, 5.74) is 2.28. The molecule has 0 aliphatic carbocycles. The highest BCUT2D eigenvalue weighted by Gasteiger charge is 2.02. The molecule has 0 bridgehead atoms.